The monoisotopic (exact) mass is 284 g/mol. The summed E-state index contributed by atoms with van der Waals surface area (Å²) in [5.74, 6) is 0. The summed E-state index contributed by atoms with van der Waals surface area (Å²) in [6, 6.07) is 7.16. The molecule has 0 saturated carbocycles. The van der Waals surface area contributed by atoms with Crippen LogP contribution in [0.4, 0.5) is 0 Å². The average molecular weight is 285 g/mol. The Bertz CT molecular complexity index is 688. The first-order valence-corrected chi connectivity index (χ1v) is 7.57. The van der Waals surface area contributed by atoms with Gasteiger partial charge in [-0.05, 0) is 19.1 Å². The van der Waals surface area contributed by atoms with Gasteiger partial charge in [-0.3, -0.25) is 4.68 Å². The van der Waals surface area contributed by atoms with E-state index in [2.05, 4.69) is 5.10 Å². The summed E-state index contributed by atoms with van der Waals surface area (Å²) in [6.07, 6.45) is 1.18. The number of hydrogen-bond acceptors (Lipinski definition) is 3. The molecule has 0 aliphatic rings. The minimum absolute atomic E-state index is 0.243. The fourth-order valence-electron chi connectivity index (χ4n) is 2.01. The van der Waals surface area contributed by atoms with Crippen molar-refractivity contribution in [1.82, 2.24) is 9.78 Å². The highest BCUT2D eigenvalue weighted by atomic mass is 35.5. The molecule has 0 atom stereocenters. The van der Waals surface area contributed by atoms with Crippen molar-refractivity contribution in [2.45, 2.75) is 11.9 Å². The normalized spacial score (nSPS) is 11.8. The molecule has 0 aliphatic carbocycles. The largest absolute Gasteiger partial charge is 0.256 e. The summed E-state index contributed by atoms with van der Waals surface area (Å²) in [7, 11) is -1.66. The van der Waals surface area contributed by atoms with Crippen LogP contribution in [0.2, 0.25) is 5.02 Å². The fraction of sp³-hybridized carbons (Fsp3) is 0.250. The Morgan fingerprint density at radius 3 is 2.22 bits per heavy atom. The first kappa shape index (κ1) is 13.1. The second kappa shape index (κ2) is 4.40. The van der Waals surface area contributed by atoms with Gasteiger partial charge in [0.2, 0.25) is 0 Å². The number of aryl methyl sites for hydroxylation is 1. The molecule has 2 aromatic rings. The Hall–Kier alpha value is -1.33. The van der Waals surface area contributed by atoms with Crippen LogP contribution in [-0.4, -0.2) is 24.5 Å². The maximum atomic E-state index is 11.7. The zero-order valence-electron chi connectivity index (χ0n) is 10.3. The Morgan fingerprint density at radius 2 is 1.78 bits per heavy atom. The van der Waals surface area contributed by atoms with Crippen LogP contribution in [0.15, 0.2) is 29.3 Å². The van der Waals surface area contributed by atoms with E-state index < -0.39 is 9.84 Å². The zero-order chi connectivity index (χ0) is 13.5. The molecule has 0 bridgehead atoms. The van der Waals surface area contributed by atoms with Gasteiger partial charge in [-0.15, -0.1) is 0 Å². The SMILES string of the molecule is Cc1c(-c2ccc(Cl)cc2)nn(C)c1S(C)(=O)=O. The summed E-state index contributed by atoms with van der Waals surface area (Å²) < 4.78 is 24.8. The van der Waals surface area contributed by atoms with Gasteiger partial charge >= 0.3 is 0 Å². The van der Waals surface area contributed by atoms with Crippen molar-refractivity contribution in [3.63, 3.8) is 0 Å². The summed E-state index contributed by atoms with van der Waals surface area (Å²) in [5, 5.41) is 5.15. The number of halogens is 1. The number of hydrogen-bond donors (Lipinski definition) is 0. The van der Waals surface area contributed by atoms with Crippen LogP contribution < -0.4 is 0 Å². The van der Waals surface area contributed by atoms with Crippen LogP contribution >= 0.6 is 11.6 Å². The zero-order valence-corrected chi connectivity index (χ0v) is 11.9. The second-order valence-electron chi connectivity index (χ2n) is 4.18. The molecule has 18 heavy (non-hydrogen) atoms. The molecule has 0 N–H and O–H groups in total. The van der Waals surface area contributed by atoms with E-state index in [4.69, 9.17) is 11.6 Å². The molecule has 0 unspecified atom stereocenters. The lowest BCUT2D eigenvalue weighted by Gasteiger charge is -2.00. The minimum atomic E-state index is -3.29. The molecule has 4 nitrogen and oxygen atoms in total. The Kier molecular flexibility index (Phi) is 3.21. The minimum Gasteiger partial charge on any atom is -0.256 e. The molecule has 6 heteroatoms. The predicted octanol–water partition coefficient (Wildman–Crippen LogP) is 2.45. The number of aromatic nitrogens is 2. The van der Waals surface area contributed by atoms with Gasteiger partial charge < -0.3 is 0 Å². The molecule has 0 fully saturated rings. The lowest BCUT2D eigenvalue weighted by Crippen LogP contribution is -2.06. The number of sulfone groups is 1. The highest BCUT2D eigenvalue weighted by Crippen LogP contribution is 2.27. The summed E-state index contributed by atoms with van der Waals surface area (Å²) in [6.45, 7) is 1.76. The van der Waals surface area contributed by atoms with Crippen molar-refractivity contribution < 1.29 is 8.42 Å². The summed E-state index contributed by atoms with van der Waals surface area (Å²) >= 11 is 5.83. The van der Waals surface area contributed by atoms with Crippen LogP contribution in [0.5, 0.6) is 0 Å². The van der Waals surface area contributed by atoms with E-state index in [1.807, 2.05) is 12.1 Å². The summed E-state index contributed by atoms with van der Waals surface area (Å²) in [5.41, 5.74) is 2.17. The van der Waals surface area contributed by atoms with Gasteiger partial charge in [0.15, 0.2) is 14.9 Å². The highest BCUT2D eigenvalue weighted by molar-refractivity contribution is 7.90. The average Bonchev–Trinajstić information content (AvgIpc) is 2.54. The van der Waals surface area contributed by atoms with Crippen molar-refractivity contribution in [2.24, 2.45) is 7.05 Å². The van der Waals surface area contributed by atoms with E-state index in [0.717, 1.165) is 5.56 Å². The van der Waals surface area contributed by atoms with E-state index >= 15 is 0 Å². The maximum Gasteiger partial charge on any atom is 0.192 e. The maximum absolute atomic E-state index is 11.7. The second-order valence-corrected chi connectivity index (χ2v) is 6.55. The molecule has 96 valence electrons. The van der Waals surface area contributed by atoms with Crippen molar-refractivity contribution >= 4 is 21.4 Å². The van der Waals surface area contributed by atoms with E-state index in [9.17, 15) is 8.42 Å². The van der Waals surface area contributed by atoms with Crippen molar-refractivity contribution in [3.05, 3.63) is 34.9 Å². The Labute approximate surface area is 111 Å². The fourth-order valence-corrected chi connectivity index (χ4v) is 3.31. The quantitative estimate of drug-likeness (QED) is 0.851. The topological polar surface area (TPSA) is 52.0 Å². The molecule has 0 aliphatic heterocycles. The third-order valence-corrected chi connectivity index (χ3v) is 4.21. The molecule has 0 radical (unpaired) electrons. The molecule has 1 heterocycles. The van der Waals surface area contributed by atoms with E-state index in [-0.39, 0.29) is 5.03 Å². The first-order chi connectivity index (χ1) is 8.30. The molecular formula is C12H13ClN2O2S. The third-order valence-electron chi connectivity index (χ3n) is 2.69. The van der Waals surface area contributed by atoms with E-state index in [1.165, 1.54) is 10.9 Å². The van der Waals surface area contributed by atoms with Gasteiger partial charge in [-0.2, -0.15) is 5.10 Å². The summed E-state index contributed by atoms with van der Waals surface area (Å²) in [4.78, 5) is 0. The standard InChI is InChI=1S/C12H13ClN2O2S/c1-8-11(9-4-6-10(13)7-5-9)14-15(2)12(8)18(3,16)17/h4-7H,1-3H3. The van der Waals surface area contributed by atoms with E-state index in [1.54, 1.807) is 26.1 Å². The van der Waals surface area contributed by atoms with Crippen LogP contribution in [0.3, 0.4) is 0 Å². The first-order valence-electron chi connectivity index (χ1n) is 5.30. The van der Waals surface area contributed by atoms with Gasteiger partial charge in [-0.25, -0.2) is 8.42 Å². The highest BCUT2D eigenvalue weighted by Gasteiger charge is 2.21. The third kappa shape index (κ3) is 2.28. The van der Waals surface area contributed by atoms with Gasteiger partial charge in [0, 0.05) is 29.5 Å². The molecule has 0 saturated heterocycles. The Balaban J connectivity index is 2.65. The number of benzene rings is 1. The number of nitrogens with zero attached hydrogens (tertiary/aromatic N) is 2. The molecule has 0 amide bonds. The molecule has 1 aromatic carbocycles. The molecular weight excluding hydrogens is 272 g/mol. The van der Waals surface area contributed by atoms with Crippen LogP contribution in [-0.2, 0) is 16.9 Å². The molecule has 2 rings (SSSR count). The van der Waals surface area contributed by atoms with Crippen LogP contribution in [0.1, 0.15) is 5.56 Å². The van der Waals surface area contributed by atoms with E-state index in [0.29, 0.717) is 16.3 Å². The Morgan fingerprint density at radius 1 is 1.22 bits per heavy atom. The van der Waals surface area contributed by atoms with Gasteiger partial charge in [0.1, 0.15) is 0 Å². The van der Waals surface area contributed by atoms with Gasteiger partial charge in [-0.1, -0.05) is 23.7 Å². The van der Waals surface area contributed by atoms with Gasteiger partial charge in [0.25, 0.3) is 0 Å². The lowest BCUT2D eigenvalue weighted by atomic mass is 10.1. The predicted molar refractivity (Wildman–Crippen MR) is 71.5 cm³/mol. The van der Waals surface area contributed by atoms with Crippen molar-refractivity contribution in [1.29, 1.82) is 0 Å². The number of rotatable bonds is 2. The molecule has 0 spiro atoms. The smallest absolute Gasteiger partial charge is 0.192 e. The molecule has 1 aromatic heterocycles. The van der Waals surface area contributed by atoms with Crippen molar-refractivity contribution in [2.75, 3.05) is 6.26 Å². The van der Waals surface area contributed by atoms with Crippen LogP contribution in [0.25, 0.3) is 11.3 Å². The van der Waals surface area contributed by atoms with Gasteiger partial charge in [0.05, 0.1) is 5.69 Å². The van der Waals surface area contributed by atoms with Crippen molar-refractivity contribution in [3.8, 4) is 11.3 Å². The van der Waals surface area contributed by atoms with Crippen LogP contribution in [0, 0.1) is 6.92 Å². The lowest BCUT2D eigenvalue weighted by molar-refractivity contribution is 0.581.